The fourth-order valence-electron chi connectivity index (χ4n) is 1.72. The van der Waals surface area contributed by atoms with Crippen molar-refractivity contribution in [1.29, 1.82) is 0 Å². The minimum absolute atomic E-state index is 0.127. The summed E-state index contributed by atoms with van der Waals surface area (Å²) >= 11 is 0. The number of hydrogen-bond donors (Lipinski definition) is 1. The van der Waals surface area contributed by atoms with Gasteiger partial charge < -0.3 is 8.92 Å². The molecule has 1 heterocycles. The third-order valence-corrected chi connectivity index (χ3v) is 3.64. The third-order valence-electron chi connectivity index (χ3n) is 2.72. The van der Waals surface area contributed by atoms with Gasteiger partial charge in [0.2, 0.25) is 0 Å². The van der Waals surface area contributed by atoms with Crippen LogP contribution in [0, 0.1) is 0 Å². The van der Waals surface area contributed by atoms with Crippen LogP contribution in [0.5, 0.6) is 11.5 Å². The van der Waals surface area contributed by atoms with E-state index >= 15 is 0 Å². The minimum Gasteiger partial charge on any atom is -0.492 e. The Morgan fingerprint density at radius 2 is 2.12 bits per heavy atom. The van der Waals surface area contributed by atoms with Crippen LogP contribution in [0.1, 0.15) is 19.4 Å². The molecule has 2 rings (SSSR count). The highest BCUT2D eigenvalue weighted by Crippen LogP contribution is 2.40. The monoisotopic (exact) mass is 257 g/mol. The zero-order valence-electron chi connectivity index (χ0n) is 9.98. The van der Waals surface area contributed by atoms with E-state index in [1.165, 1.54) is 7.05 Å². The van der Waals surface area contributed by atoms with Crippen molar-refractivity contribution in [3.05, 3.63) is 23.8 Å². The predicted molar refractivity (Wildman–Crippen MR) is 63.6 cm³/mol. The highest BCUT2D eigenvalue weighted by molar-refractivity contribution is 7.85. The maximum absolute atomic E-state index is 11.3. The van der Waals surface area contributed by atoms with Crippen molar-refractivity contribution in [3.8, 4) is 11.5 Å². The topological polar surface area (TPSA) is 64.6 Å². The average Bonchev–Trinajstić information content (AvgIpc) is 2.55. The molecule has 1 aromatic carbocycles. The Balaban J connectivity index is 2.35. The summed E-state index contributed by atoms with van der Waals surface area (Å²) in [4.78, 5) is 0. The molecule has 1 aliphatic heterocycles. The van der Waals surface area contributed by atoms with E-state index in [0.29, 0.717) is 6.61 Å². The highest BCUT2D eigenvalue weighted by Gasteiger charge is 2.32. The molecular weight excluding hydrogens is 242 g/mol. The van der Waals surface area contributed by atoms with Gasteiger partial charge in [0.15, 0.2) is 0 Å². The van der Waals surface area contributed by atoms with E-state index in [0.717, 1.165) is 11.3 Å². The van der Waals surface area contributed by atoms with E-state index in [1.54, 1.807) is 18.2 Å². The Morgan fingerprint density at radius 1 is 1.41 bits per heavy atom. The van der Waals surface area contributed by atoms with E-state index in [9.17, 15) is 8.42 Å². The van der Waals surface area contributed by atoms with Crippen molar-refractivity contribution in [1.82, 2.24) is 4.72 Å². The second-order valence-electron chi connectivity index (χ2n) is 4.57. The third kappa shape index (κ3) is 2.37. The Kier molecular flexibility index (Phi) is 2.79. The maximum atomic E-state index is 11.3. The molecule has 0 radical (unpaired) electrons. The lowest BCUT2D eigenvalue weighted by Crippen LogP contribution is -2.24. The molecule has 0 unspecified atom stereocenters. The number of ether oxygens (including phenoxy) is 1. The first-order valence-corrected chi connectivity index (χ1v) is 6.65. The molecule has 0 aromatic heterocycles. The molecule has 5 nitrogen and oxygen atoms in total. The standard InChI is InChI=1S/C11H15NO4S/c1-11(2)7-15-10-5-4-8(6-9(10)11)16-17(13,14)12-3/h4-6,12H,7H2,1-3H3. The van der Waals surface area contributed by atoms with Gasteiger partial charge in [-0.3, -0.25) is 0 Å². The van der Waals surface area contributed by atoms with Crippen molar-refractivity contribution in [2.24, 2.45) is 0 Å². The zero-order chi connectivity index (χ0) is 12.7. The van der Waals surface area contributed by atoms with Gasteiger partial charge in [-0.2, -0.15) is 13.1 Å². The summed E-state index contributed by atoms with van der Waals surface area (Å²) in [5.41, 5.74) is 0.833. The Bertz CT molecular complexity index is 536. The van der Waals surface area contributed by atoms with Gasteiger partial charge in [-0.15, -0.1) is 0 Å². The Hall–Kier alpha value is -1.27. The summed E-state index contributed by atoms with van der Waals surface area (Å²) in [7, 11) is -2.42. The molecule has 1 aromatic rings. The van der Waals surface area contributed by atoms with E-state index < -0.39 is 10.3 Å². The summed E-state index contributed by atoms with van der Waals surface area (Å²) < 4.78 is 35.0. The van der Waals surface area contributed by atoms with Crippen LogP contribution in [0.4, 0.5) is 0 Å². The summed E-state index contributed by atoms with van der Waals surface area (Å²) in [6.45, 7) is 4.66. The van der Waals surface area contributed by atoms with Gasteiger partial charge in [-0.25, -0.2) is 0 Å². The molecule has 0 amide bonds. The average molecular weight is 257 g/mol. The van der Waals surface area contributed by atoms with Crippen molar-refractivity contribution in [2.45, 2.75) is 19.3 Å². The highest BCUT2D eigenvalue weighted by atomic mass is 32.2. The molecule has 1 N–H and O–H groups in total. The van der Waals surface area contributed by atoms with Crippen LogP contribution in [0.3, 0.4) is 0 Å². The number of rotatable bonds is 3. The van der Waals surface area contributed by atoms with Gasteiger partial charge in [-0.05, 0) is 18.2 Å². The molecule has 0 bridgehead atoms. The molecule has 0 aliphatic carbocycles. The molecule has 0 saturated heterocycles. The van der Waals surface area contributed by atoms with Gasteiger partial charge in [0.1, 0.15) is 11.5 Å². The van der Waals surface area contributed by atoms with Crippen LogP contribution in [0.2, 0.25) is 0 Å². The summed E-state index contributed by atoms with van der Waals surface area (Å²) in [6.07, 6.45) is 0. The van der Waals surface area contributed by atoms with Gasteiger partial charge in [0.05, 0.1) is 6.61 Å². The van der Waals surface area contributed by atoms with Crippen molar-refractivity contribution < 1.29 is 17.3 Å². The molecule has 94 valence electrons. The fraction of sp³-hybridized carbons (Fsp3) is 0.455. The molecule has 0 fully saturated rings. The molecule has 0 saturated carbocycles. The first-order chi connectivity index (χ1) is 7.84. The first-order valence-electron chi connectivity index (χ1n) is 5.24. The minimum atomic E-state index is -3.72. The second kappa shape index (κ2) is 3.89. The maximum Gasteiger partial charge on any atom is 0.382 e. The van der Waals surface area contributed by atoms with Gasteiger partial charge in [0.25, 0.3) is 0 Å². The molecule has 0 atom stereocenters. The molecule has 0 spiro atoms. The predicted octanol–water partition coefficient (Wildman–Crippen LogP) is 1.20. The van der Waals surface area contributed by atoms with E-state index in [2.05, 4.69) is 4.72 Å². The second-order valence-corrected chi connectivity index (χ2v) is 6.06. The van der Waals surface area contributed by atoms with Crippen molar-refractivity contribution in [2.75, 3.05) is 13.7 Å². The number of nitrogens with one attached hydrogen (secondary N) is 1. The summed E-state index contributed by atoms with van der Waals surface area (Å²) in [6, 6.07) is 5.01. The van der Waals surface area contributed by atoms with Crippen LogP contribution >= 0.6 is 0 Å². The summed E-state index contributed by atoms with van der Waals surface area (Å²) in [5, 5.41) is 0. The fourth-order valence-corrected chi connectivity index (χ4v) is 2.16. The van der Waals surface area contributed by atoms with Crippen molar-refractivity contribution in [3.63, 3.8) is 0 Å². The number of benzene rings is 1. The van der Waals surface area contributed by atoms with E-state index in [1.807, 2.05) is 13.8 Å². The van der Waals surface area contributed by atoms with Crippen LogP contribution in [0.25, 0.3) is 0 Å². The SMILES string of the molecule is CNS(=O)(=O)Oc1ccc2c(c1)C(C)(C)CO2. The van der Waals surface area contributed by atoms with Gasteiger partial charge >= 0.3 is 10.3 Å². The Labute approximate surface area is 101 Å². The lowest BCUT2D eigenvalue weighted by Gasteiger charge is -2.15. The van der Waals surface area contributed by atoms with Gasteiger partial charge in [0, 0.05) is 18.0 Å². The van der Waals surface area contributed by atoms with E-state index in [-0.39, 0.29) is 11.2 Å². The normalized spacial score (nSPS) is 17.4. The quantitative estimate of drug-likeness (QED) is 0.883. The molecule has 17 heavy (non-hydrogen) atoms. The first kappa shape index (κ1) is 12.2. The van der Waals surface area contributed by atoms with Crippen LogP contribution in [-0.4, -0.2) is 22.1 Å². The lowest BCUT2D eigenvalue weighted by molar-refractivity contribution is 0.291. The van der Waals surface area contributed by atoms with Crippen LogP contribution < -0.4 is 13.6 Å². The number of fused-ring (bicyclic) bond motifs is 1. The largest absolute Gasteiger partial charge is 0.492 e. The lowest BCUT2D eigenvalue weighted by atomic mass is 9.87. The van der Waals surface area contributed by atoms with Gasteiger partial charge in [-0.1, -0.05) is 13.8 Å². The summed E-state index contributed by atoms with van der Waals surface area (Å²) in [5.74, 6) is 1.07. The van der Waals surface area contributed by atoms with Crippen LogP contribution in [0.15, 0.2) is 18.2 Å². The zero-order valence-corrected chi connectivity index (χ0v) is 10.8. The molecular formula is C11H15NO4S. The van der Waals surface area contributed by atoms with Crippen LogP contribution in [-0.2, 0) is 15.7 Å². The van der Waals surface area contributed by atoms with E-state index in [4.69, 9.17) is 8.92 Å². The smallest absolute Gasteiger partial charge is 0.382 e. The molecule has 6 heteroatoms. The molecule has 1 aliphatic rings. The van der Waals surface area contributed by atoms with Crippen molar-refractivity contribution >= 4 is 10.3 Å². The number of hydrogen-bond acceptors (Lipinski definition) is 4. The Morgan fingerprint density at radius 3 is 2.76 bits per heavy atom.